The van der Waals surface area contributed by atoms with Crippen LogP contribution in [0.15, 0.2) is 85.1 Å². The van der Waals surface area contributed by atoms with Crippen molar-refractivity contribution in [1.29, 1.82) is 0 Å². The second-order valence-corrected chi connectivity index (χ2v) is 18.4. The van der Waals surface area contributed by atoms with E-state index in [-0.39, 0.29) is 12.8 Å². The third-order valence-corrected chi connectivity index (χ3v) is 11.6. The number of nitrogens with two attached hydrogens (primary N) is 1. The minimum atomic E-state index is -4.75. The molecule has 0 bridgehead atoms. The van der Waals surface area contributed by atoms with Crippen molar-refractivity contribution in [1.82, 2.24) is 0 Å². The maximum absolute atomic E-state index is 12.7. The van der Waals surface area contributed by atoms with Gasteiger partial charge in [-0.3, -0.25) is 23.4 Å². The second kappa shape index (κ2) is 48.1. The Kier molecular flexibility index (Phi) is 45.7. The number of hydrogen-bond acceptors (Lipinski definition) is 9. The van der Waals surface area contributed by atoms with E-state index in [1.807, 2.05) is 12.2 Å². The predicted molar refractivity (Wildman–Crippen MR) is 272 cm³/mol. The fourth-order valence-electron chi connectivity index (χ4n) is 6.68. The Morgan fingerprint density at radius 3 is 1.33 bits per heavy atom. The van der Waals surface area contributed by atoms with Crippen molar-refractivity contribution >= 4 is 25.7 Å². The van der Waals surface area contributed by atoms with Crippen LogP contribution in [0.2, 0.25) is 0 Å². The first-order valence-corrected chi connectivity index (χ1v) is 27.1. The molecule has 0 fully saturated rings. The van der Waals surface area contributed by atoms with E-state index in [1.54, 1.807) is 0 Å². The maximum Gasteiger partial charge on any atom is 0.472 e. The SMILES string of the molecule is CC/C=C/C/C=C/C/C=C/C/C=C/C/C=C/C/C=C/CCC(=O)OC[C@H](COP(=O)(O)OC[C@H](N)C(=O)O)OC(=O)CCC/C=C/CCCCCCCCCCCCCCCCCCCC. The Labute approximate surface area is 401 Å². The van der Waals surface area contributed by atoms with Crippen molar-refractivity contribution in [2.45, 2.75) is 219 Å². The molecule has 0 amide bonds. The number of rotatable bonds is 47. The molecule has 0 aromatic carbocycles. The fraction of sp³-hybridized carbons (Fsp3) is 0.685. The lowest BCUT2D eigenvalue weighted by molar-refractivity contribution is -0.161. The normalized spacial score (nSPS) is 14.2. The summed E-state index contributed by atoms with van der Waals surface area (Å²) in [5.74, 6) is -2.53. The molecule has 0 spiro atoms. The molecule has 378 valence electrons. The molecule has 0 heterocycles. The summed E-state index contributed by atoms with van der Waals surface area (Å²) in [5.41, 5.74) is 5.34. The number of esters is 2. The Morgan fingerprint density at radius 2 is 0.879 bits per heavy atom. The van der Waals surface area contributed by atoms with Gasteiger partial charge in [0.2, 0.25) is 0 Å². The zero-order chi connectivity index (χ0) is 48.4. The summed E-state index contributed by atoms with van der Waals surface area (Å²) in [7, 11) is -4.75. The van der Waals surface area contributed by atoms with Crippen molar-refractivity contribution in [3.8, 4) is 0 Å². The van der Waals surface area contributed by atoms with Crippen molar-refractivity contribution in [3.63, 3.8) is 0 Å². The largest absolute Gasteiger partial charge is 0.480 e. The molecule has 0 aromatic heterocycles. The van der Waals surface area contributed by atoms with Crippen molar-refractivity contribution in [2.24, 2.45) is 5.73 Å². The number of carbonyl (C=O) groups excluding carboxylic acids is 2. The third-order valence-electron chi connectivity index (χ3n) is 10.6. The molecule has 0 aromatic rings. The number of aliphatic carboxylic acids is 1. The van der Waals surface area contributed by atoms with Crippen molar-refractivity contribution in [2.75, 3.05) is 19.8 Å². The Hall–Kier alpha value is -3.34. The molecule has 3 atom stereocenters. The van der Waals surface area contributed by atoms with Crippen LogP contribution in [-0.2, 0) is 37.5 Å². The average molecular weight is 946 g/mol. The van der Waals surface area contributed by atoms with E-state index >= 15 is 0 Å². The molecule has 12 heteroatoms. The van der Waals surface area contributed by atoms with Gasteiger partial charge in [0.25, 0.3) is 0 Å². The number of phosphoric acid groups is 1. The zero-order valence-corrected chi connectivity index (χ0v) is 42.2. The van der Waals surface area contributed by atoms with Crippen LogP contribution in [0.1, 0.15) is 206 Å². The van der Waals surface area contributed by atoms with Crippen LogP contribution < -0.4 is 5.73 Å². The first kappa shape index (κ1) is 62.7. The van der Waals surface area contributed by atoms with Crippen LogP contribution in [0.3, 0.4) is 0 Å². The lowest BCUT2D eigenvalue weighted by atomic mass is 10.0. The maximum atomic E-state index is 12.7. The van der Waals surface area contributed by atoms with Gasteiger partial charge in [0, 0.05) is 12.8 Å². The van der Waals surface area contributed by atoms with Gasteiger partial charge in [-0.05, 0) is 70.6 Å². The van der Waals surface area contributed by atoms with E-state index in [2.05, 4.69) is 91.3 Å². The molecule has 0 saturated heterocycles. The Balaban J connectivity index is 4.37. The number of carbonyl (C=O) groups is 3. The van der Waals surface area contributed by atoms with Gasteiger partial charge in [0.1, 0.15) is 12.6 Å². The fourth-order valence-corrected chi connectivity index (χ4v) is 7.46. The number of hydrogen-bond donors (Lipinski definition) is 3. The van der Waals surface area contributed by atoms with E-state index in [0.717, 1.165) is 51.4 Å². The third kappa shape index (κ3) is 47.2. The van der Waals surface area contributed by atoms with E-state index in [0.29, 0.717) is 19.3 Å². The Morgan fingerprint density at radius 1 is 0.485 bits per heavy atom. The molecular weight excluding hydrogens is 854 g/mol. The van der Waals surface area contributed by atoms with E-state index in [4.69, 9.17) is 24.8 Å². The highest BCUT2D eigenvalue weighted by Gasteiger charge is 2.28. The van der Waals surface area contributed by atoms with Crippen LogP contribution in [0.5, 0.6) is 0 Å². The lowest BCUT2D eigenvalue weighted by Gasteiger charge is -2.20. The minimum Gasteiger partial charge on any atom is -0.480 e. The quantitative estimate of drug-likeness (QED) is 0.0229. The van der Waals surface area contributed by atoms with Gasteiger partial charge in [0.15, 0.2) is 6.10 Å². The molecule has 4 N–H and O–H groups in total. The molecule has 0 aliphatic heterocycles. The molecule has 1 unspecified atom stereocenters. The Bertz CT molecular complexity index is 1440. The summed E-state index contributed by atoms with van der Waals surface area (Å²) in [4.78, 5) is 46.1. The highest BCUT2D eigenvalue weighted by molar-refractivity contribution is 7.47. The molecule has 0 aliphatic rings. The summed E-state index contributed by atoms with van der Waals surface area (Å²) >= 11 is 0. The van der Waals surface area contributed by atoms with Crippen LogP contribution in [0.4, 0.5) is 0 Å². The molecule has 11 nitrogen and oxygen atoms in total. The van der Waals surface area contributed by atoms with Gasteiger partial charge in [-0.15, -0.1) is 0 Å². The van der Waals surface area contributed by atoms with Gasteiger partial charge in [-0.1, -0.05) is 208 Å². The summed E-state index contributed by atoms with van der Waals surface area (Å²) < 4.78 is 32.7. The van der Waals surface area contributed by atoms with Crippen molar-refractivity contribution in [3.05, 3.63) is 85.1 Å². The standard InChI is InChI=1S/C54H92NO10P/c1-3-5-7-9-11-13-15-17-19-21-23-24-25-26-28-30-32-34-36-38-40-42-44-46-53(57)65-50(48-63-66(60,61)64-49-51(55)54(58)59)47-62-52(56)45-43-41-39-37-35-33-31-29-27-22-20-18-16-14-12-10-8-6-4-2/h6,8,12,14,18,20,27,29,33,35,38-41,50-51H,3-5,7,9-11,13,15-17,19,21-26,28,30-32,34,36-37,42-49,55H2,1-2H3,(H,58,59)(H,60,61)/b8-6+,14-12+,20-18+,29-27+,35-33+,40-38+,41-39+/t50-,51+/m1/s1. The number of allylic oxidation sites excluding steroid dienone is 14. The van der Waals surface area contributed by atoms with E-state index in [1.165, 1.54) is 109 Å². The first-order valence-electron chi connectivity index (χ1n) is 25.6. The van der Waals surface area contributed by atoms with Gasteiger partial charge >= 0.3 is 25.7 Å². The average Bonchev–Trinajstić information content (AvgIpc) is 3.30. The highest BCUT2D eigenvalue weighted by atomic mass is 31.2. The molecule has 0 radical (unpaired) electrons. The summed E-state index contributed by atoms with van der Waals surface area (Å²) in [6, 6.07) is -1.54. The summed E-state index contributed by atoms with van der Waals surface area (Å²) in [5, 5.41) is 8.92. The van der Waals surface area contributed by atoms with E-state index < -0.39 is 57.7 Å². The van der Waals surface area contributed by atoms with Crippen LogP contribution in [0.25, 0.3) is 0 Å². The second-order valence-electron chi connectivity index (χ2n) is 16.9. The van der Waals surface area contributed by atoms with Gasteiger partial charge < -0.3 is 25.2 Å². The van der Waals surface area contributed by atoms with Crippen LogP contribution >= 0.6 is 7.82 Å². The molecule has 0 aliphatic carbocycles. The number of unbranched alkanes of at least 4 members (excludes halogenated alkanes) is 19. The van der Waals surface area contributed by atoms with Gasteiger partial charge in [-0.2, -0.15) is 0 Å². The van der Waals surface area contributed by atoms with Crippen LogP contribution in [0, 0.1) is 0 Å². The summed E-state index contributed by atoms with van der Waals surface area (Å²) in [6.45, 7) is 2.61. The molecule has 0 rings (SSSR count). The molecular formula is C54H92NO10P. The van der Waals surface area contributed by atoms with Crippen LogP contribution in [-0.4, -0.2) is 59.9 Å². The van der Waals surface area contributed by atoms with Crippen molar-refractivity contribution < 1.29 is 47.5 Å². The molecule has 66 heavy (non-hydrogen) atoms. The number of phosphoric ester groups is 1. The number of ether oxygens (including phenoxy) is 2. The predicted octanol–water partition coefficient (Wildman–Crippen LogP) is 14.6. The topological polar surface area (TPSA) is 172 Å². The van der Waals surface area contributed by atoms with E-state index in [9.17, 15) is 23.8 Å². The summed E-state index contributed by atoms with van der Waals surface area (Å²) in [6.07, 6.45) is 61.1. The highest BCUT2D eigenvalue weighted by Crippen LogP contribution is 2.43. The van der Waals surface area contributed by atoms with Gasteiger partial charge in [0.05, 0.1) is 13.2 Å². The lowest BCUT2D eigenvalue weighted by Crippen LogP contribution is -2.34. The molecule has 0 saturated carbocycles. The number of carboxylic acids is 1. The minimum absolute atomic E-state index is 0.0875. The monoisotopic (exact) mass is 946 g/mol. The number of carboxylic acid groups (broad SMARTS) is 1. The zero-order valence-electron chi connectivity index (χ0n) is 41.3. The van der Waals surface area contributed by atoms with Gasteiger partial charge in [-0.25, -0.2) is 4.57 Å². The first-order chi connectivity index (χ1) is 32.1. The smallest absolute Gasteiger partial charge is 0.472 e.